The molecule has 1 aliphatic heterocycles. The molecule has 31 heavy (non-hydrogen) atoms. The Bertz CT molecular complexity index is 1220. The summed E-state index contributed by atoms with van der Waals surface area (Å²) in [5.74, 6) is -0.433. The summed E-state index contributed by atoms with van der Waals surface area (Å²) >= 11 is 12.7. The Morgan fingerprint density at radius 1 is 1.26 bits per heavy atom. The molecule has 2 heterocycles. The third kappa shape index (κ3) is 4.23. The van der Waals surface area contributed by atoms with Crippen LogP contribution in [0, 0.1) is 6.92 Å². The summed E-state index contributed by atoms with van der Waals surface area (Å²) in [5, 5.41) is 6.13. The highest BCUT2D eigenvalue weighted by Crippen LogP contribution is 2.31. The van der Waals surface area contributed by atoms with E-state index in [4.69, 9.17) is 23.8 Å². The lowest BCUT2D eigenvalue weighted by Crippen LogP contribution is -2.30. The second-order valence-corrected chi connectivity index (χ2v) is 8.46. The molecule has 1 aliphatic rings. The van der Waals surface area contributed by atoms with Crippen molar-refractivity contribution < 1.29 is 9.59 Å². The van der Waals surface area contributed by atoms with Crippen molar-refractivity contribution in [3.8, 4) is 0 Å². The van der Waals surface area contributed by atoms with Crippen LogP contribution in [0.15, 0.2) is 59.6 Å². The first kappa shape index (κ1) is 21.2. The van der Waals surface area contributed by atoms with Crippen molar-refractivity contribution in [2.24, 2.45) is 0 Å². The third-order valence-electron chi connectivity index (χ3n) is 4.60. The lowest BCUT2D eigenvalue weighted by Gasteiger charge is -2.17. The zero-order valence-electron chi connectivity index (χ0n) is 16.6. The van der Waals surface area contributed by atoms with Gasteiger partial charge in [-0.15, -0.1) is 11.3 Å². The van der Waals surface area contributed by atoms with Crippen LogP contribution in [0.25, 0.3) is 6.08 Å². The van der Waals surface area contributed by atoms with E-state index in [1.807, 2.05) is 37.3 Å². The Morgan fingerprint density at radius 3 is 2.68 bits per heavy atom. The average molecular weight is 469 g/mol. The molecule has 1 saturated heterocycles. The summed E-state index contributed by atoms with van der Waals surface area (Å²) in [4.78, 5) is 32.7. The van der Waals surface area contributed by atoms with Crippen molar-refractivity contribution in [3.63, 3.8) is 0 Å². The number of nitrogens with one attached hydrogen (secondary N) is 1. The molecule has 0 unspecified atom stereocenters. The smallest absolute Gasteiger partial charge is 0.281 e. The van der Waals surface area contributed by atoms with E-state index >= 15 is 0 Å². The summed E-state index contributed by atoms with van der Waals surface area (Å²) in [6.45, 7) is 3.35. The van der Waals surface area contributed by atoms with Gasteiger partial charge in [-0.3, -0.25) is 19.4 Å². The highest BCUT2D eigenvalue weighted by molar-refractivity contribution is 7.80. The Hall–Kier alpha value is -3.07. The summed E-state index contributed by atoms with van der Waals surface area (Å²) in [6.07, 6.45) is 1.63. The van der Waals surface area contributed by atoms with Gasteiger partial charge < -0.3 is 5.32 Å². The van der Waals surface area contributed by atoms with Crippen molar-refractivity contribution in [1.82, 2.24) is 10.3 Å². The predicted molar refractivity (Wildman–Crippen MR) is 129 cm³/mol. The molecule has 9 heteroatoms. The number of hydrogen-bond acceptors (Lipinski definition) is 5. The number of thiocarbonyl (C=S) groups is 1. The molecule has 3 aromatic rings. The maximum Gasteiger partial charge on any atom is 0.281 e. The molecule has 0 saturated carbocycles. The van der Waals surface area contributed by atoms with Crippen LogP contribution >= 0.6 is 35.2 Å². The number of aryl methyl sites for hydroxylation is 1. The van der Waals surface area contributed by atoms with E-state index in [9.17, 15) is 9.59 Å². The van der Waals surface area contributed by atoms with E-state index in [0.717, 1.165) is 11.3 Å². The Balaban J connectivity index is 1.63. The third-order valence-corrected chi connectivity index (χ3v) is 5.96. The van der Waals surface area contributed by atoms with Gasteiger partial charge in [0.15, 0.2) is 10.2 Å². The van der Waals surface area contributed by atoms with Crippen LogP contribution in [0.5, 0.6) is 0 Å². The number of halogens is 1. The Labute approximate surface area is 193 Å². The molecule has 2 amide bonds. The molecule has 1 aromatic heterocycles. The Morgan fingerprint density at radius 2 is 2.00 bits per heavy atom. The molecule has 0 radical (unpaired) electrons. The number of thiazole rings is 1. The standard InChI is InChI=1S/C22H17ClN4O2S2/c1-13-10-15(23)8-9-19(13)27-20(29)18(25-21(27)30)11-16-12-31-22(24-16)26(14(2)28)17-6-4-3-5-7-17/h3-12H,1-2H3,(H,25,30)/b18-11-. The molecule has 4 rings (SSSR count). The van der Waals surface area contributed by atoms with E-state index in [2.05, 4.69) is 10.3 Å². The first-order valence-corrected chi connectivity index (χ1v) is 11.0. The fourth-order valence-corrected chi connectivity index (χ4v) is 4.58. The zero-order valence-corrected chi connectivity index (χ0v) is 19.0. The second kappa shape index (κ2) is 8.58. The van der Waals surface area contributed by atoms with Gasteiger partial charge in [-0.2, -0.15) is 0 Å². The van der Waals surface area contributed by atoms with E-state index in [1.165, 1.54) is 28.1 Å². The van der Waals surface area contributed by atoms with Gasteiger partial charge in [0.25, 0.3) is 5.91 Å². The van der Waals surface area contributed by atoms with Crippen molar-refractivity contribution in [2.75, 3.05) is 9.80 Å². The number of para-hydroxylation sites is 1. The molecule has 0 aliphatic carbocycles. The summed E-state index contributed by atoms with van der Waals surface area (Å²) < 4.78 is 0. The van der Waals surface area contributed by atoms with Crippen LogP contribution in [0.1, 0.15) is 18.2 Å². The average Bonchev–Trinajstić information content (AvgIpc) is 3.28. The fourth-order valence-electron chi connectivity index (χ4n) is 3.22. The normalized spacial score (nSPS) is 14.8. The van der Waals surface area contributed by atoms with Crippen LogP contribution in [0.4, 0.5) is 16.5 Å². The maximum atomic E-state index is 13.0. The first-order valence-electron chi connectivity index (χ1n) is 9.29. The summed E-state index contributed by atoms with van der Waals surface area (Å²) in [6, 6.07) is 14.5. The number of rotatable bonds is 4. The van der Waals surface area contributed by atoms with E-state index in [1.54, 1.807) is 29.7 Å². The minimum Gasteiger partial charge on any atom is -0.327 e. The van der Waals surface area contributed by atoms with Gasteiger partial charge in [0.2, 0.25) is 5.91 Å². The van der Waals surface area contributed by atoms with Crippen molar-refractivity contribution in [1.29, 1.82) is 0 Å². The highest BCUT2D eigenvalue weighted by atomic mass is 35.5. The number of amides is 2. The number of nitrogens with zero attached hydrogens (tertiary/aromatic N) is 3. The van der Waals surface area contributed by atoms with Gasteiger partial charge >= 0.3 is 0 Å². The number of hydrogen-bond donors (Lipinski definition) is 1. The molecule has 1 fully saturated rings. The highest BCUT2D eigenvalue weighted by Gasteiger charge is 2.33. The lowest BCUT2D eigenvalue weighted by atomic mass is 10.2. The van der Waals surface area contributed by atoms with Gasteiger partial charge in [-0.1, -0.05) is 29.8 Å². The summed E-state index contributed by atoms with van der Waals surface area (Å²) in [7, 11) is 0. The van der Waals surface area contributed by atoms with Crippen LogP contribution in [0.2, 0.25) is 5.02 Å². The Kier molecular flexibility index (Phi) is 5.86. The van der Waals surface area contributed by atoms with Crippen LogP contribution in [-0.2, 0) is 9.59 Å². The van der Waals surface area contributed by atoms with Gasteiger partial charge in [-0.25, -0.2) is 4.98 Å². The predicted octanol–water partition coefficient (Wildman–Crippen LogP) is 5.05. The molecular weight excluding hydrogens is 452 g/mol. The van der Waals surface area contributed by atoms with Crippen LogP contribution in [0.3, 0.4) is 0 Å². The first-order chi connectivity index (χ1) is 14.8. The largest absolute Gasteiger partial charge is 0.327 e. The molecular formula is C22H17ClN4O2S2. The van der Waals surface area contributed by atoms with Gasteiger partial charge in [0, 0.05) is 17.3 Å². The van der Waals surface area contributed by atoms with Crippen molar-refractivity contribution in [2.45, 2.75) is 13.8 Å². The monoisotopic (exact) mass is 468 g/mol. The quantitative estimate of drug-likeness (QED) is 0.428. The number of carbonyl (C=O) groups excluding carboxylic acids is 2. The van der Waals surface area contributed by atoms with Gasteiger partial charge in [-0.05, 0) is 61.1 Å². The minimum absolute atomic E-state index is 0.152. The minimum atomic E-state index is -0.281. The number of benzene rings is 2. The maximum absolute atomic E-state index is 13.0. The van der Waals surface area contributed by atoms with Crippen molar-refractivity contribution in [3.05, 3.63) is 75.9 Å². The summed E-state index contributed by atoms with van der Waals surface area (Å²) in [5.41, 5.74) is 3.09. The number of carbonyl (C=O) groups is 2. The van der Waals surface area contributed by atoms with Crippen LogP contribution < -0.4 is 15.1 Å². The SMILES string of the molecule is CC(=O)N(c1ccccc1)c1nc(/C=C2\NC(=S)N(c3ccc(Cl)cc3C)C2=O)cs1. The number of aromatic nitrogens is 1. The molecule has 6 nitrogen and oxygen atoms in total. The van der Waals surface area contributed by atoms with Gasteiger partial charge in [0.05, 0.1) is 17.1 Å². The van der Waals surface area contributed by atoms with Crippen molar-refractivity contribution >= 4 is 74.7 Å². The zero-order chi connectivity index (χ0) is 22.1. The van der Waals surface area contributed by atoms with Crippen LogP contribution in [-0.4, -0.2) is 21.9 Å². The molecule has 0 bridgehead atoms. The fraction of sp³-hybridized carbons (Fsp3) is 0.0909. The molecule has 1 N–H and O–H groups in total. The molecule has 0 spiro atoms. The van der Waals surface area contributed by atoms with E-state index in [-0.39, 0.29) is 16.9 Å². The second-order valence-electron chi connectivity index (χ2n) is 6.80. The topological polar surface area (TPSA) is 65.5 Å². The number of anilines is 3. The molecule has 0 atom stereocenters. The molecule has 156 valence electrons. The van der Waals surface area contributed by atoms with E-state index < -0.39 is 0 Å². The van der Waals surface area contributed by atoms with Gasteiger partial charge in [0.1, 0.15) is 5.70 Å². The lowest BCUT2D eigenvalue weighted by molar-refractivity contribution is -0.116. The molecule has 2 aromatic carbocycles. The van der Waals surface area contributed by atoms with E-state index in [0.29, 0.717) is 27.2 Å².